The third kappa shape index (κ3) is 2.86. The normalized spacial score (nSPS) is 23.1. The van der Waals surface area contributed by atoms with Gasteiger partial charge in [0.25, 0.3) is 5.91 Å². The number of halogens is 1. The summed E-state index contributed by atoms with van der Waals surface area (Å²) in [5.74, 6) is 1.78. The summed E-state index contributed by atoms with van der Waals surface area (Å²) in [5.41, 5.74) is 0.119. The molecule has 0 saturated carbocycles. The average Bonchev–Trinajstić information content (AvgIpc) is 3.14. The van der Waals surface area contributed by atoms with E-state index in [1.165, 1.54) is 4.57 Å². The zero-order valence-electron chi connectivity index (χ0n) is 15.0. The van der Waals surface area contributed by atoms with E-state index in [4.69, 9.17) is 11.6 Å². The quantitative estimate of drug-likeness (QED) is 0.858. The number of carbonyl (C=O) groups is 1. The first-order chi connectivity index (χ1) is 12.5. The van der Waals surface area contributed by atoms with Crippen molar-refractivity contribution in [2.75, 3.05) is 13.1 Å². The molecule has 1 amide bonds. The fourth-order valence-corrected chi connectivity index (χ4v) is 4.47. The van der Waals surface area contributed by atoms with Gasteiger partial charge in [0.15, 0.2) is 5.69 Å². The highest BCUT2D eigenvalue weighted by Gasteiger charge is 2.34. The van der Waals surface area contributed by atoms with Gasteiger partial charge in [-0.25, -0.2) is 14.9 Å². The Labute approximate surface area is 156 Å². The molecule has 4 rings (SSSR count). The van der Waals surface area contributed by atoms with E-state index in [2.05, 4.69) is 22.1 Å². The van der Waals surface area contributed by atoms with Crippen molar-refractivity contribution in [3.8, 4) is 0 Å². The molecule has 1 N–H and O–H groups in total. The van der Waals surface area contributed by atoms with Crippen LogP contribution in [0, 0.1) is 5.92 Å². The van der Waals surface area contributed by atoms with Gasteiger partial charge in [-0.15, -0.1) is 0 Å². The van der Waals surface area contributed by atoms with Crippen LogP contribution in [0.2, 0.25) is 5.15 Å². The number of imidazole rings is 1. The molecular weight excluding hydrogens is 356 g/mol. The van der Waals surface area contributed by atoms with Crippen LogP contribution in [0.5, 0.6) is 0 Å². The first kappa shape index (κ1) is 17.3. The number of fused-ring (bicyclic) bond motifs is 1. The van der Waals surface area contributed by atoms with Crippen LogP contribution in [0.1, 0.15) is 54.2 Å². The largest absolute Gasteiger partial charge is 0.343 e. The molecule has 2 aliphatic heterocycles. The van der Waals surface area contributed by atoms with Crippen LogP contribution in [0.25, 0.3) is 0 Å². The van der Waals surface area contributed by atoms with Crippen molar-refractivity contribution in [1.82, 2.24) is 29.2 Å². The van der Waals surface area contributed by atoms with Crippen LogP contribution < -0.4 is 5.69 Å². The van der Waals surface area contributed by atoms with Gasteiger partial charge in [-0.1, -0.05) is 18.5 Å². The SMILES string of the molecule is C[C@@H]1C[C@@H](c2n[nH]c(=O)n2C)CN(C(=O)c2nc3n(c2Cl)CCCC3)C1. The molecule has 1 saturated heterocycles. The smallest absolute Gasteiger partial charge is 0.336 e. The Morgan fingerprint density at radius 1 is 1.31 bits per heavy atom. The minimum Gasteiger partial charge on any atom is -0.336 e. The van der Waals surface area contributed by atoms with Crippen LogP contribution in [0.15, 0.2) is 4.79 Å². The van der Waals surface area contributed by atoms with Crippen molar-refractivity contribution >= 4 is 17.5 Å². The number of nitrogens with one attached hydrogen (secondary N) is 1. The number of carbonyl (C=O) groups excluding carboxylic acids is 1. The van der Waals surface area contributed by atoms with E-state index >= 15 is 0 Å². The molecule has 9 heteroatoms. The number of aryl methyl sites for hydroxylation is 1. The van der Waals surface area contributed by atoms with E-state index in [0.29, 0.717) is 35.7 Å². The number of nitrogens with zero attached hydrogens (tertiary/aromatic N) is 5. The molecule has 0 aliphatic carbocycles. The summed E-state index contributed by atoms with van der Waals surface area (Å²) in [4.78, 5) is 31.1. The maximum atomic E-state index is 13.1. The molecule has 2 atom stereocenters. The van der Waals surface area contributed by atoms with Gasteiger partial charge in [0, 0.05) is 39.0 Å². The molecule has 140 valence electrons. The molecule has 0 radical (unpaired) electrons. The highest BCUT2D eigenvalue weighted by atomic mass is 35.5. The topological polar surface area (TPSA) is 88.8 Å². The van der Waals surface area contributed by atoms with Gasteiger partial charge >= 0.3 is 5.69 Å². The number of likely N-dealkylation sites (tertiary alicyclic amines) is 1. The number of rotatable bonds is 2. The van der Waals surface area contributed by atoms with Gasteiger partial charge in [-0.3, -0.25) is 9.36 Å². The fourth-order valence-electron chi connectivity index (χ4n) is 4.16. The second-order valence-electron chi connectivity index (χ2n) is 7.47. The Kier molecular flexibility index (Phi) is 4.38. The van der Waals surface area contributed by atoms with Gasteiger partial charge < -0.3 is 9.47 Å². The summed E-state index contributed by atoms with van der Waals surface area (Å²) in [7, 11) is 1.70. The fraction of sp³-hybridized carbons (Fsp3) is 0.647. The highest BCUT2D eigenvalue weighted by Crippen LogP contribution is 2.31. The lowest BCUT2D eigenvalue weighted by Gasteiger charge is -2.35. The van der Waals surface area contributed by atoms with E-state index < -0.39 is 0 Å². The first-order valence-corrected chi connectivity index (χ1v) is 9.49. The van der Waals surface area contributed by atoms with Crippen molar-refractivity contribution < 1.29 is 4.79 Å². The highest BCUT2D eigenvalue weighted by molar-refractivity contribution is 6.32. The molecule has 2 aromatic heterocycles. The van der Waals surface area contributed by atoms with Crippen molar-refractivity contribution in [2.45, 2.75) is 45.1 Å². The van der Waals surface area contributed by atoms with Crippen LogP contribution >= 0.6 is 11.6 Å². The minimum atomic E-state index is -0.235. The number of H-pyrrole nitrogens is 1. The van der Waals surface area contributed by atoms with Crippen molar-refractivity contribution in [3.05, 3.63) is 33.0 Å². The van der Waals surface area contributed by atoms with Crippen molar-refractivity contribution in [2.24, 2.45) is 13.0 Å². The van der Waals surface area contributed by atoms with Gasteiger partial charge in [0.2, 0.25) is 0 Å². The molecular formula is C17H23ClN6O2. The van der Waals surface area contributed by atoms with Gasteiger partial charge in [-0.05, 0) is 25.2 Å². The van der Waals surface area contributed by atoms with Crippen LogP contribution in [-0.2, 0) is 20.0 Å². The van der Waals surface area contributed by atoms with Crippen molar-refractivity contribution in [1.29, 1.82) is 0 Å². The molecule has 0 unspecified atom stereocenters. The van der Waals surface area contributed by atoms with Gasteiger partial charge in [-0.2, -0.15) is 5.10 Å². The van der Waals surface area contributed by atoms with E-state index in [1.807, 2.05) is 4.57 Å². The maximum absolute atomic E-state index is 13.1. The number of aromatic amines is 1. The predicted octanol–water partition coefficient (Wildman–Crippen LogP) is 1.56. The summed E-state index contributed by atoms with van der Waals surface area (Å²) >= 11 is 6.46. The zero-order chi connectivity index (χ0) is 18.4. The Bertz CT molecular complexity index is 898. The summed E-state index contributed by atoms with van der Waals surface area (Å²) in [6.07, 6.45) is 3.89. The molecule has 8 nitrogen and oxygen atoms in total. The van der Waals surface area contributed by atoms with E-state index in [-0.39, 0.29) is 17.5 Å². The summed E-state index contributed by atoms with van der Waals surface area (Å²) in [5, 5.41) is 7.09. The third-order valence-corrected chi connectivity index (χ3v) is 5.83. The first-order valence-electron chi connectivity index (χ1n) is 9.11. The lowest BCUT2D eigenvalue weighted by atomic mass is 9.89. The Balaban J connectivity index is 1.61. The molecule has 0 spiro atoms. The number of amides is 1. The molecule has 4 heterocycles. The summed E-state index contributed by atoms with van der Waals surface area (Å²) in [6.45, 7) is 4.10. The average molecular weight is 379 g/mol. The predicted molar refractivity (Wildman–Crippen MR) is 96.4 cm³/mol. The van der Waals surface area contributed by atoms with Crippen LogP contribution in [-0.4, -0.2) is 48.2 Å². The minimum absolute atomic E-state index is 0.0164. The van der Waals surface area contributed by atoms with Crippen molar-refractivity contribution in [3.63, 3.8) is 0 Å². The zero-order valence-corrected chi connectivity index (χ0v) is 15.8. The molecule has 26 heavy (non-hydrogen) atoms. The van der Waals surface area contributed by atoms with Crippen LogP contribution in [0.4, 0.5) is 0 Å². The second kappa shape index (κ2) is 6.57. The second-order valence-corrected chi connectivity index (χ2v) is 7.83. The Hall–Kier alpha value is -2.09. The van der Waals surface area contributed by atoms with E-state index in [1.54, 1.807) is 11.9 Å². The Morgan fingerprint density at radius 2 is 2.12 bits per heavy atom. The molecule has 0 bridgehead atoms. The van der Waals surface area contributed by atoms with E-state index in [0.717, 1.165) is 38.1 Å². The van der Waals surface area contributed by atoms with E-state index in [9.17, 15) is 9.59 Å². The van der Waals surface area contributed by atoms with Gasteiger partial charge in [0.05, 0.1) is 0 Å². The maximum Gasteiger partial charge on any atom is 0.343 e. The standard InChI is InChI=1S/C17H23ClN6O2/c1-10-7-11(15-20-21-17(26)22(15)2)9-23(8-10)16(25)13-14(18)24-6-4-3-5-12(24)19-13/h10-11H,3-9H2,1-2H3,(H,21,26)/t10-,11-/m1/s1. The Morgan fingerprint density at radius 3 is 2.81 bits per heavy atom. The number of hydrogen-bond donors (Lipinski definition) is 1. The molecule has 2 aliphatic rings. The van der Waals surface area contributed by atoms with Gasteiger partial charge in [0.1, 0.15) is 16.8 Å². The summed E-state index contributed by atoms with van der Waals surface area (Å²) in [6, 6.07) is 0. The monoisotopic (exact) mass is 378 g/mol. The molecule has 0 aromatic carbocycles. The third-order valence-electron chi connectivity index (χ3n) is 5.45. The number of aromatic nitrogens is 5. The number of hydrogen-bond acceptors (Lipinski definition) is 4. The molecule has 1 fully saturated rings. The van der Waals surface area contributed by atoms with Crippen LogP contribution in [0.3, 0.4) is 0 Å². The lowest BCUT2D eigenvalue weighted by molar-refractivity contribution is 0.0647. The number of piperidine rings is 1. The lowest BCUT2D eigenvalue weighted by Crippen LogP contribution is -2.43. The summed E-state index contributed by atoms with van der Waals surface area (Å²) < 4.78 is 3.48. The molecule has 2 aromatic rings.